The summed E-state index contributed by atoms with van der Waals surface area (Å²) in [7, 11) is 1.72. The zero-order valence-corrected chi connectivity index (χ0v) is 10.1. The molecule has 0 heterocycles. The Bertz CT molecular complexity index is 153. The number of rotatable bonds is 7. The maximum atomic E-state index is 5.85. The molecular formula is C12H25NO2. The predicted molar refractivity (Wildman–Crippen MR) is 62.2 cm³/mol. The fraction of sp³-hybridized carbons (Fsp3) is 1.00. The average Bonchev–Trinajstić information content (AvgIpc) is 2.28. The van der Waals surface area contributed by atoms with Crippen LogP contribution in [0.3, 0.4) is 0 Å². The summed E-state index contributed by atoms with van der Waals surface area (Å²) in [6.07, 6.45) is 6.71. The normalized spacial score (nSPS) is 26.8. The molecule has 0 aromatic heterocycles. The van der Waals surface area contributed by atoms with Gasteiger partial charge in [-0.3, -0.25) is 0 Å². The molecule has 1 aliphatic carbocycles. The molecule has 1 aliphatic rings. The third-order valence-corrected chi connectivity index (χ3v) is 2.98. The van der Waals surface area contributed by atoms with Crippen LogP contribution in [0, 0.1) is 0 Å². The Morgan fingerprint density at radius 1 is 1.20 bits per heavy atom. The molecule has 0 amide bonds. The van der Waals surface area contributed by atoms with Crippen LogP contribution in [-0.4, -0.2) is 39.0 Å². The van der Waals surface area contributed by atoms with Crippen LogP contribution >= 0.6 is 0 Å². The monoisotopic (exact) mass is 215 g/mol. The van der Waals surface area contributed by atoms with Gasteiger partial charge in [-0.2, -0.15) is 0 Å². The number of hydrogen-bond donors (Lipinski definition) is 1. The van der Waals surface area contributed by atoms with Gasteiger partial charge in [0.15, 0.2) is 0 Å². The Kier molecular flexibility index (Phi) is 6.98. The fourth-order valence-corrected chi connectivity index (χ4v) is 2.14. The first kappa shape index (κ1) is 12.9. The molecule has 0 spiro atoms. The lowest BCUT2D eigenvalue weighted by Gasteiger charge is -2.32. The summed E-state index contributed by atoms with van der Waals surface area (Å²) in [4.78, 5) is 0. The predicted octanol–water partition coefficient (Wildman–Crippen LogP) is 1.96. The van der Waals surface area contributed by atoms with Crippen LogP contribution in [0.1, 0.15) is 39.0 Å². The van der Waals surface area contributed by atoms with Crippen molar-refractivity contribution in [1.29, 1.82) is 0 Å². The van der Waals surface area contributed by atoms with Gasteiger partial charge in [-0.25, -0.2) is 0 Å². The molecule has 0 bridgehead atoms. The van der Waals surface area contributed by atoms with Crippen molar-refractivity contribution in [2.45, 2.75) is 51.2 Å². The summed E-state index contributed by atoms with van der Waals surface area (Å²) in [5.74, 6) is 0. The van der Waals surface area contributed by atoms with Crippen molar-refractivity contribution in [2.24, 2.45) is 0 Å². The molecule has 2 unspecified atom stereocenters. The zero-order valence-electron chi connectivity index (χ0n) is 10.1. The standard InChI is InChI=1S/C12H25NO2/c1-3-8-13-11-6-4-5-7-12(11)15-10-9-14-2/h11-13H,3-10H2,1-2H3. The first-order chi connectivity index (χ1) is 7.38. The first-order valence-electron chi connectivity index (χ1n) is 6.22. The lowest BCUT2D eigenvalue weighted by Crippen LogP contribution is -2.44. The Labute approximate surface area is 93.5 Å². The van der Waals surface area contributed by atoms with Crippen LogP contribution in [0.5, 0.6) is 0 Å². The molecule has 3 heteroatoms. The van der Waals surface area contributed by atoms with Gasteiger partial charge in [-0.15, -0.1) is 0 Å². The number of ether oxygens (including phenoxy) is 2. The Balaban J connectivity index is 2.22. The van der Waals surface area contributed by atoms with E-state index in [2.05, 4.69) is 12.2 Å². The van der Waals surface area contributed by atoms with Gasteiger partial charge in [0, 0.05) is 13.2 Å². The molecule has 1 saturated carbocycles. The molecule has 15 heavy (non-hydrogen) atoms. The van der Waals surface area contributed by atoms with E-state index in [0.717, 1.165) is 13.2 Å². The van der Waals surface area contributed by atoms with E-state index >= 15 is 0 Å². The minimum absolute atomic E-state index is 0.403. The zero-order chi connectivity index (χ0) is 10.9. The van der Waals surface area contributed by atoms with E-state index in [-0.39, 0.29) is 0 Å². The van der Waals surface area contributed by atoms with Gasteiger partial charge in [-0.1, -0.05) is 19.8 Å². The van der Waals surface area contributed by atoms with E-state index in [1.807, 2.05) is 0 Å². The van der Waals surface area contributed by atoms with Gasteiger partial charge in [-0.05, 0) is 25.8 Å². The molecule has 3 nitrogen and oxygen atoms in total. The Morgan fingerprint density at radius 3 is 2.73 bits per heavy atom. The molecule has 0 radical (unpaired) electrons. The third-order valence-electron chi connectivity index (χ3n) is 2.98. The number of nitrogens with one attached hydrogen (secondary N) is 1. The molecular weight excluding hydrogens is 190 g/mol. The lowest BCUT2D eigenvalue weighted by atomic mass is 9.92. The molecule has 2 atom stereocenters. The van der Waals surface area contributed by atoms with Crippen molar-refractivity contribution in [3.05, 3.63) is 0 Å². The lowest BCUT2D eigenvalue weighted by molar-refractivity contribution is -0.0177. The van der Waals surface area contributed by atoms with Crippen LogP contribution in [0.25, 0.3) is 0 Å². The quantitative estimate of drug-likeness (QED) is 0.659. The second-order valence-electron chi connectivity index (χ2n) is 4.25. The van der Waals surface area contributed by atoms with Crippen LogP contribution in [-0.2, 0) is 9.47 Å². The van der Waals surface area contributed by atoms with Gasteiger partial charge in [0.05, 0.1) is 19.3 Å². The summed E-state index contributed by atoms with van der Waals surface area (Å²) in [6.45, 7) is 4.74. The summed E-state index contributed by atoms with van der Waals surface area (Å²) in [5.41, 5.74) is 0. The Hall–Kier alpha value is -0.120. The average molecular weight is 215 g/mol. The maximum Gasteiger partial charge on any atom is 0.0729 e. The largest absolute Gasteiger partial charge is 0.382 e. The molecule has 0 aromatic rings. The number of methoxy groups -OCH3 is 1. The van der Waals surface area contributed by atoms with Crippen LogP contribution in [0.4, 0.5) is 0 Å². The number of hydrogen-bond acceptors (Lipinski definition) is 3. The second kappa shape index (κ2) is 8.08. The molecule has 1 rings (SSSR count). The van der Waals surface area contributed by atoms with Crippen molar-refractivity contribution in [2.75, 3.05) is 26.9 Å². The highest BCUT2D eigenvalue weighted by molar-refractivity contribution is 4.81. The van der Waals surface area contributed by atoms with E-state index in [9.17, 15) is 0 Å². The molecule has 1 N–H and O–H groups in total. The smallest absolute Gasteiger partial charge is 0.0729 e. The minimum Gasteiger partial charge on any atom is -0.382 e. The van der Waals surface area contributed by atoms with Crippen molar-refractivity contribution >= 4 is 0 Å². The van der Waals surface area contributed by atoms with E-state index in [1.54, 1.807) is 7.11 Å². The van der Waals surface area contributed by atoms with Crippen LogP contribution in [0.2, 0.25) is 0 Å². The van der Waals surface area contributed by atoms with Crippen molar-refractivity contribution < 1.29 is 9.47 Å². The Morgan fingerprint density at radius 2 is 2.00 bits per heavy atom. The van der Waals surface area contributed by atoms with Crippen LogP contribution in [0.15, 0.2) is 0 Å². The highest BCUT2D eigenvalue weighted by Crippen LogP contribution is 2.21. The third kappa shape index (κ3) is 4.96. The van der Waals surface area contributed by atoms with Gasteiger partial charge >= 0.3 is 0 Å². The molecule has 1 fully saturated rings. The van der Waals surface area contributed by atoms with Crippen LogP contribution < -0.4 is 5.32 Å². The molecule has 90 valence electrons. The van der Waals surface area contributed by atoms with E-state index in [1.165, 1.54) is 32.1 Å². The molecule has 0 aliphatic heterocycles. The first-order valence-corrected chi connectivity index (χ1v) is 6.22. The maximum absolute atomic E-state index is 5.85. The SMILES string of the molecule is CCCNC1CCCCC1OCCOC. The summed E-state index contributed by atoms with van der Waals surface area (Å²) < 4.78 is 10.8. The van der Waals surface area contributed by atoms with E-state index in [0.29, 0.717) is 18.8 Å². The molecule has 0 saturated heterocycles. The second-order valence-corrected chi connectivity index (χ2v) is 4.25. The van der Waals surface area contributed by atoms with Crippen molar-refractivity contribution in [3.63, 3.8) is 0 Å². The molecule has 0 aromatic carbocycles. The topological polar surface area (TPSA) is 30.5 Å². The van der Waals surface area contributed by atoms with E-state index < -0.39 is 0 Å². The van der Waals surface area contributed by atoms with Gasteiger partial charge in [0.1, 0.15) is 0 Å². The van der Waals surface area contributed by atoms with E-state index in [4.69, 9.17) is 9.47 Å². The fourth-order valence-electron chi connectivity index (χ4n) is 2.14. The highest BCUT2D eigenvalue weighted by atomic mass is 16.5. The summed E-state index contributed by atoms with van der Waals surface area (Å²) >= 11 is 0. The van der Waals surface area contributed by atoms with Crippen molar-refractivity contribution in [3.8, 4) is 0 Å². The van der Waals surface area contributed by atoms with Crippen molar-refractivity contribution in [1.82, 2.24) is 5.32 Å². The van der Waals surface area contributed by atoms with Gasteiger partial charge in [0.25, 0.3) is 0 Å². The highest BCUT2D eigenvalue weighted by Gasteiger charge is 2.24. The van der Waals surface area contributed by atoms with Gasteiger partial charge in [0.2, 0.25) is 0 Å². The summed E-state index contributed by atoms with van der Waals surface area (Å²) in [5, 5.41) is 3.58. The van der Waals surface area contributed by atoms with Gasteiger partial charge < -0.3 is 14.8 Å². The minimum atomic E-state index is 0.403. The summed E-state index contributed by atoms with van der Waals surface area (Å²) in [6, 6.07) is 0.565.